The lowest BCUT2D eigenvalue weighted by molar-refractivity contribution is 0.983. The summed E-state index contributed by atoms with van der Waals surface area (Å²) in [5, 5.41) is 4.82. The number of aromatic nitrogens is 2. The first-order chi connectivity index (χ1) is 9.28. The highest BCUT2D eigenvalue weighted by atomic mass is 35.5. The van der Waals surface area contributed by atoms with Crippen LogP contribution in [0.4, 0.5) is 5.82 Å². The summed E-state index contributed by atoms with van der Waals surface area (Å²) in [4.78, 5) is 8.37. The molecule has 19 heavy (non-hydrogen) atoms. The monoisotopic (exact) mass is 294 g/mol. The van der Waals surface area contributed by atoms with Crippen molar-refractivity contribution >= 4 is 29.2 Å². The van der Waals surface area contributed by atoms with Crippen LogP contribution in [0.5, 0.6) is 0 Å². The highest BCUT2D eigenvalue weighted by molar-refractivity contribution is 7.98. The lowest BCUT2D eigenvalue weighted by atomic mass is 10.2. The number of nitrogens with two attached hydrogens (primary N) is 1. The molecular formula is C13H15ClN4S. The summed E-state index contributed by atoms with van der Waals surface area (Å²) in [7, 11) is 0. The van der Waals surface area contributed by atoms with Crippen LogP contribution in [0, 0.1) is 0 Å². The van der Waals surface area contributed by atoms with Gasteiger partial charge < -0.3 is 11.1 Å². The largest absolute Gasteiger partial charge is 0.369 e. The van der Waals surface area contributed by atoms with E-state index in [1.54, 1.807) is 18.1 Å². The molecule has 0 bridgehead atoms. The van der Waals surface area contributed by atoms with Crippen LogP contribution in [0.3, 0.4) is 0 Å². The fourth-order valence-corrected chi connectivity index (χ4v) is 2.40. The summed E-state index contributed by atoms with van der Waals surface area (Å²) < 4.78 is 0. The predicted molar refractivity (Wildman–Crippen MR) is 80.6 cm³/mol. The van der Waals surface area contributed by atoms with Crippen LogP contribution in [0.25, 0.3) is 0 Å². The molecule has 1 aromatic carbocycles. The molecule has 4 nitrogen and oxygen atoms in total. The maximum absolute atomic E-state index is 5.85. The highest BCUT2D eigenvalue weighted by Crippen LogP contribution is 2.22. The number of hydrogen-bond acceptors (Lipinski definition) is 5. The van der Waals surface area contributed by atoms with Gasteiger partial charge in [0.15, 0.2) is 0 Å². The normalized spacial score (nSPS) is 10.4. The number of anilines is 1. The molecule has 0 atom stereocenters. The van der Waals surface area contributed by atoms with Crippen LogP contribution >= 0.6 is 23.4 Å². The summed E-state index contributed by atoms with van der Waals surface area (Å²) in [6.45, 7) is 1.29. The SMILES string of the molecule is NCCNc1cc(SCc2ccc(Cl)cc2)ncn1. The molecule has 0 amide bonds. The van der Waals surface area contributed by atoms with Gasteiger partial charge in [0.2, 0.25) is 0 Å². The number of halogens is 1. The summed E-state index contributed by atoms with van der Waals surface area (Å²) in [5.41, 5.74) is 6.65. The summed E-state index contributed by atoms with van der Waals surface area (Å²) >= 11 is 7.51. The van der Waals surface area contributed by atoms with Crippen LogP contribution < -0.4 is 11.1 Å². The van der Waals surface area contributed by atoms with Gasteiger partial charge in [-0.25, -0.2) is 9.97 Å². The van der Waals surface area contributed by atoms with Crippen LogP contribution in [-0.4, -0.2) is 23.1 Å². The van der Waals surface area contributed by atoms with Gasteiger partial charge in [-0.1, -0.05) is 23.7 Å². The number of nitrogens with zero attached hydrogens (tertiary/aromatic N) is 2. The molecule has 0 unspecified atom stereocenters. The minimum absolute atomic E-state index is 0.581. The average Bonchev–Trinajstić information content (AvgIpc) is 2.45. The van der Waals surface area contributed by atoms with E-state index in [1.165, 1.54) is 5.56 Å². The minimum Gasteiger partial charge on any atom is -0.369 e. The van der Waals surface area contributed by atoms with Crippen LogP contribution in [0.1, 0.15) is 5.56 Å². The van der Waals surface area contributed by atoms with Gasteiger partial charge in [0.1, 0.15) is 17.2 Å². The van der Waals surface area contributed by atoms with Crippen LogP contribution in [-0.2, 0) is 5.75 Å². The van der Waals surface area contributed by atoms with Crippen molar-refractivity contribution < 1.29 is 0 Å². The van der Waals surface area contributed by atoms with Crippen molar-refractivity contribution in [2.45, 2.75) is 10.8 Å². The molecule has 0 saturated heterocycles. The van der Waals surface area contributed by atoms with E-state index < -0.39 is 0 Å². The second kappa shape index (κ2) is 7.33. The zero-order valence-electron chi connectivity index (χ0n) is 10.3. The molecule has 0 spiro atoms. The van der Waals surface area contributed by atoms with E-state index in [9.17, 15) is 0 Å². The Labute approximate surface area is 121 Å². The zero-order valence-corrected chi connectivity index (χ0v) is 11.9. The number of benzene rings is 1. The van der Waals surface area contributed by atoms with Gasteiger partial charge in [-0.15, -0.1) is 11.8 Å². The van der Waals surface area contributed by atoms with E-state index in [1.807, 2.05) is 30.3 Å². The van der Waals surface area contributed by atoms with Gasteiger partial charge in [0.05, 0.1) is 0 Å². The molecule has 3 N–H and O–H groups in total. The zero-order chi connectivity index (χ0) is 13.5. The third kappa shape index (κ3) is 4.70. The standard InChI is InChI=1S/C13H15ClN4S/c14-11-3-1-10(2-4-11)8-19-13-7-12(16-6-5-15)17-9-18-13/h1-4,7,9H,5-6,8,15H2,(H,16,17,18). The van der Waals surface area contributed by atoms with Crippen molar-refractivity contribution in [1.29, 1.82) is 0 Å². The predicted octanol–water partition coefficient (Wildman–Crippen LogP) is 2.79. The summed E-state index contributed by atoms with van der Waals surface area (Å²) in [6, 6.07) is 9.75. The molecule has 2 rings (SSSR count). The highest BCUT2D eigenvalue weighted by Gasteiger charge is 2.00. The molecule has 0 radical (unpaired) electrons. The first-order valence-corrected chi connectivity index (χ1v) is 7.27. The molecule has 1 aromatic heterocycles. The van der Waals surface area contributed by atoms with Crippen molar-refractivity contribution in [3.63, 3.8) is 0 Å². The quantitative estimate of drug-likeness (QED) is 0.633. The molecule has 100 valence electrons. The molecule has 0 fully saturated rings. The Balaban J connectivity index is 1.93. The smallest absolute Gasteiger partial charge is 0.130 e. The number of rotatable bonds is 6. The third-order valence-electron chi connectivity index (χ3n) is 2.39. The van der Waals surface area contributed by atoms with E-state index >= 15 is 0 Å². The summed E-state index contributed by atoms with van der Waals surface area (Å²) in [6.07, 6.45) is 1.56. The Hall–Kier alpha value is -1.30. The van der Waals surface area contributed by atoms with Gasteiger partial charge >= 0.3 is 0 Å². The van der Waals surface area contributed by atoms with E-state index in [-0.39, 0.29) is 0 Å². The molecule has 0 saturated carbocycles. The maximum atomic E-state index is 5.85. The molecular weight excluding hydrogens is 280 g/mol. The Morgan fingerprint density at radius 2 is 2.00 bits per heavy atom. The van der Waals surface area contributed by atoms with E-state index in [0.717, 1.165) is 21.6 Å². The molecule has 0 aliphatic carbocycles. The van der Waals surface area contributed by atoms with E-state index in [4.69, 9.17) is 17.3 Å². The second-order valence-corrected chi connectivity index (χ2v) is 5.30. The second-order valence-electron chi connectivity index (χ2n) is 3.87. The lowest BCUT2D eigenvalue weighted by Gasteiger charge is -2.05. The first-order valence-electron chi connectivity index (χ1n) is 5.91. The average molecular weight is 295 g/mol. The van der Waals surface area contributed by atoms with E-state index in [0.29, 0.717) is 13.1 Å². The molecule has 0 aliphatic heterocycles. The number of hydrogen-bond donors (Lipinski definition) is 2. The first kappa shape index (κ1) is 14.1. The van der Waals surface area contributed by atoms with Gasteiger partial charge in [0, 0.05) is 29.9 Å². The molecule has 0 aliphatic rings. The van der Waals surface area contributed by atoms with Crippen molar-refractivity contribution in [2.75, 3.05) is 18.4 Å². The van der Waals surface area contributed by atoms with Crippen molar-refractivity contribution in [3.05, 3.63) is 47.2 Å². The Bertz CT molecular complexity index is 518. The van der Waals surface area contributed by atoms with E-state index in [2.05, 4.69) is 15.3 Å². The van der Waals surface area contributed by atoms with Crippen molar-refractivity contribution in [3.8, 4) is 0 Å². The van der Waals surface area contributed by atoms with Crippen LogP contribution in [0.15, 0.2) is 41.7 Å². The fourth-order valence-electron chi connectivity index (χ4n) is 1.45. The Kier molecular flexibility index (Phi) is 5.44. The van der Waals surface area contributed by atoms with Gasteiger partial charge in [-0.2, -0.15) is 0 Å². The Morgan fingerprint density at radius 3 is 2.74 bits per heavy atom. The van der Waals surface area contributed by atoms with Gasteiger partial charge in [-0.05, 0) is 17.7 Å². The number of thioether (sulfide) groups is 1. The topological polar surface area (TPSA) is 63.8 Å². The van der Waals surface area contributed by atoms with Crippen molar-refractivity contribution in [1.82, 2.24) is 9.97 Å². The molecule has 1 heterocycles. The van der Waals surface area contributed by atoms with Gasteiger partial charge in [0.25, 0.3) is 0 Å². The lowest BCUT2D eigenvalue weighted by Crippen LogP contribution is -2.13. The fraction of sp³-hybridized carbons (Fsp3) is 0.231. The van der Waals surface area contributed by atoms with Gasteiger partial charge in [-0.3, -0.25) is 0 Å². The molecule has 2 aromatic rings. The third-order valence-corrected chi connectivity index (χ3v) is 3.64. The maximum Gasteiger partial charge on any atom is 0.130 e. The summed E-state index contributed by atoms with van der Waals surface area (Å²) in [5.74, 6) is 1.66. The minimum atomic E-state index is 0.581. The molecule has 6 heteroatoms. The van der Waals surface area contributed by atoms with Crippen molar-refractivity contribution in [2.24, 2.45) is 5.73 Å². The Morgan fingerprint density at radius 1 is 1.21 bits per heavy atom. The van der Waals surface area contributed by atoms with Crippen LogP contribution in [0.2, 0.25) is 5.02 Å². The number of nitrogens with one attached hydrogen (secondary N) is 1.